The van der Waals surface area contributed by atoms with Crippen LogP contribution < -0.4 is 5.73 Å². The van der Waals surface area contributed by atoms with Crippen molar-refractivity contribution >= 4 is 15.9 Å². The number of halogens is 3. The molecule has 0 unspecified atom stereocenters. The molecule has 0 spiro atoms. The Morgan fingerprint density at radius 2 is 2.07 bits per heavy atom. The van der Waals surface area contributed by atoms with Crippen molar-refractivity contribution in [1.29, 1.82) is 0 Å². The van der Waals surface area contributed by atoms with E-state index in [4.69, 9.17) is 5.73 Å². The molecule has 0 heterocycles. The molecule has 1 fully saturated rings. The Balaban J connectivity index is 2.14. The molecule has 1 nitrogen and oxygen atoms in total. The molecule has 4 heteroatoms. The zero-order valence-corrected chi connectivity index (χ0v) is 9.73. The molecular formula is C11H12BrF2N. The Hall–Kier alpha value is -0.480. The van der Waals surface area contributed by atoms with E-state index in [-0.39, 0.29) is 6.42 Å². The van der Waals surface area contributed by atoms with Crippen LogP contribution in [-0.4, -0.2) is 11.5 Å². The summed E-state index contributed by atoms with van der Waals surface area (Å²) in [4.78, 5) is 0. The summed E-state index contributed by atoms with van der Waals surface area (Å²) in [6.07, 6.45) is 0.574. The van der Waals surface area contributed by atoms with Crippen molar-refractivity contribution in [2.75, 3.05) is 0 Å². The molecule has 0 amide bonds. The van der Waals surface area contributed by atoms with Crippen molar-refractivity contribution in [3.05, 3.63) is 34.3 Å². The van der Waals surface area contributed by atoms with Gasteiger partial charge in [0, 0.05) is 10.9 Å². The maximum absolute atomic E-state index is 13.7. The predicted molar refractivity (Wildman–Crippen MR) is 58.9 cm³/mol. The molecule has 0 radical (unpaired) electrons. The van der Waals surface area contributed by atoms with E-state index in [0.717, 1.165) is 4.47 Å². The van der Waals surface area contributed by atoms with E-state index >= 15 is 0 Å². The van der Waals surface area contributed by atoms with Gasteiger partial charge in [0.05, 0.1) is 5.54 Å². The van der Waals surface area contributed by atoms with Gasteiger partial charge in [-0.1, -0.05) is 28.1 Å². The Bertz CT molecular complexity index is 375. The zero-order valence-electron chi connectivity index (χ0n) is 8.14. The van der Waals surface area contributed by atoms with Gasteiger partial charge in [-0.05, 0) is 30.5 Å². The highest BCUT2D eigenvalue weighted by Crippen LogP contribution is 2.47. The van der Waals surface area contributed by atoms with Gasteiger partial charge >= 0.3 is 0 Å². The second-order valence-corrected chi connectivity index (χ2v) is 5.08. The zero-order chi connectivity index (χ0) is 11.1. The maximum Gasteiger partial charge on any atom is 0.269 e. The quantitative estimate of drug-likeness (QED) is 0.901. The fraction of sp³-hybridized carbons (Fsp3) is 0.455. The monoisotopic (exact) mass is 275 g/mol. The highest BCUT2D eigenvalue weighted by atomic mass is 79.9. The van der Waals surface area contributed by atoms with E-state index in [9.17, 15) is 8.78 Å². The van der Waals surface area contributed by atoms with Gasteiger partial charge in [-0.2, -0.15) is 0 Å². The average Bonchev–Trinajstić information content (AvgIpc) is 2.84. The van der Waals surface area contributed by atoms with Crippen LogP contribution in [0.5, 0.6) is 0 Å². The van der Waals surface area contributed by atoms with Gasteiger partial charge in [0.25, 0.3) is 5.92 Å². The summed E-state index contributed by atoms with van der Waals surface area (Å²) < 4.78 is 28.2. The van der Waals surface area contributed by atoms with Gasteiger partial charge in [0.2, 0.25) is 0 Å². The van der Waals surface area contributed by atoms with E-state index in [1.165, 1.54) is 0 Å². The third kappa shape index (κ3) is 2.21. The SMILES string of the molecule is NC1(C(F)(F)Cc2cccc(Br)c2)CC1. The predicted octanol–water partition coefficient (Wildman–Crippen LogP) is 3.12. The van der Waals surface area contributed by atoms with E-state index in [1.54, 1.807) is 18.2 Å². The van der Waals surface area contributed by atoms with Crippen LogP contribution in [0.4, 0.5) is 8.78 Å². The first-order chi connectivity index (χ1) is 6.93. The van der Waals surface area contributed by atoms with Gasteiger partial charge in [0.15, 0.2) is 0 Å². The van der Waals surface area contributed by atoms with Crippen molar-refractivity contribution < 1.29 is 8.78 Å². The van der Waals surface area contributed by atoms with Crippen LogP contribution in [0, 0.1) is 0 Å². The van der Waals surface area contributed by atoms with Gasteiger partial charge in [0.1, 0.15) is 0 Å². The minimum atomic E-state index is -2.80. The standard InChI is InChI=1S/C11H12BrF2N/c12-9-3-1-2-8(6-9)7-11(13,14)10(15)4-5-10/h1-3,6H,4-5,7,15H2. The van der Waals surface area contributed by atoms with Gasteiger partial charge in [-0.25, -0.2) is 8.78 Å². The van der Waals surface area contributed by atoms with Gasteiger partial charge in [-0.3, -0.25) is 0 Å². The van der Waals surface area contributed by atoms with Crippen LogP contribution in [0.15, 0.2) is 28.7 Å². The maximum atomic E-state index is 13.7. The summed E-state index contributed by atoms with van der Waals surface area (Å²) in [6.45, 7) is 0. The molecule has 1 saturated carbocycles. The van der Waals surface area contributed by atoms with Crippen LogP contribution in [0.25, 0.3) is 0 Å². The lowest BCUT2D eigenvalue weighted by molar-refractivity contribution is -0.0350. The van der Waals surface area contributed by atoms with Crippen molar-refractivity contribution in [3.8, 4) is 0 Å². The number of alkyl halides is 2. The molecule has 15 heavy (non-hydrogen) atoms. The molecule has 1 aromatic rings. The molecule has 1 aliphatic carbocycles. The minimum absolute atomic E-state index is 0.275. The van der Waals surface area contributed by atoms with E-state index in [0.29, 0.717) is 18.4 Å². The molecule has 0 bridgehead atoms. The lowest BCUT2D eigenvalue weighted by Crippen LogP contribution is -2.45. The van der Waals surface area contributed by atoms with Crippen LogP contribution in [-0.2, 0) is 6.42 Å². The van der Waals surface area contributed by atoms with Gasteiger partial charge in [-0.15, -0.1) is 0 Å². The minimum Gasteiger partial charge on any atom is -0.320 e. The Morgan fingerprint density at radius 1 is 1.40 bits per heavy atom. The highest BCUT2D eigenvalue weighted by Gasteiger charge is 2.58. The third-order valence-corrected chi connectivity index (χ3v) is 3.33. The third-order valence-electron chi connectivity index (χ3n) is 2.83. The Kier molecular flexibility index (Phi) is 2.59. The fourth-order valence-corrected chi connectivity index (χ4v) is 2.03. The topological polar surface area (TPSA) is 26.0 Å². The van der Waals surface area contributed by atoms with Crippen molar-refractivity contribution in [2.24, 2.45) is 5.73 Å². The number of hydrogen-bond donors (Lipinski definition) is 1. The molecule has 0 aliphatic heterocycles. The average molecular weight is 276 g/mol. The molecule has 0 atom stereocenters. The second-order valence-electron chi connectivity index (χ2n) is 4.17. The molecule has 0 saturated heterocycles. The lowest BCUT2D eigenvalue weighted by atomic mass is 10.00. The Morgan fingerprint density at radius 3 is 2.60 bits per heavy atom. The smallest absolute Gasteiger partial charge is 0.269 e. The van der Waals surface area contributed by atoms with Crippen molar-refractivity contribution in [3.63, 3.8) is 0 Å². The van der Waals surface area contributed by atoms with Crippen LogP contribution in [0.3, 0.4) is 0 Å². The summed E-state index contributed by atoms with van der Waals surface area (Å²) in [7, 11) is 0. The molecule has 1 aromatic carbocycles. The number of hydrogen-bond acceptors (Lipinski definition) is 1. The van der Waals surface area contributed by atoms with Crippen LogP contribution in [0.2, 0.25) is 0 Å². The number of benzene rings is 1. The summed E-state index contributed by atoms with van der Waals surface area (Å²) in [6, 6.07) is 6.98. The molecule has 1 aliphatic rings. The molecule has 2 rings (SSSR count). The van der Waals surface area contributed by atoms with Crippen LogP contribution >= 0.6 is 15.9 Å². The normalized spacial score (nSPS) is 18.9. The number of nitrogens with two attached hydrogens (primary N) is 1. The molecule has 2 N–H and O–H groups in total. The Labute approximate surface area is 95.8 Å². The summed E-state index contributed by atoms with van der Waals surface area (Å²) in [5.74, 6) is -2.80. The van der Waals surface area contributed by atoms with E-state index in [2.05, 4.69) is 15.9 Å². The lowest BCUT2D eigenvalue weighted by Gasteiger charge is -2.23. The highest BCUT2D eigenvalue weighted by molar-refractivity contribution is 9.10. The largest absolute Gasteiger partial charge is 0.320 e. The van der Waals surface area contributed by atoms with Crippen molar-refractivity contribution in [1.82, 2.24) is 0 Å². The molecule has 0 aromatic heterocycles. The second kappa shape index (κ2) is 3.52. The van der Waals surface area contributed by atoms with Crippen molar-refractivity contribution in [2.45, 2.75) is 30.7 Å². The van der Waals surface area contributed by atoms with Gasteiger partial charge < -0.3 is 5.73 Å². The van der Waals surface area contributed by atoms with E-state index < -0.39 is 11.5 Å². The van der Waals surface area contributed by atoms with Crippen LogP contribution in [0.1, 0.15) is 18.4 Å². The first-order valence-electron chi connectivity index (χ1n) is 4.84. The van der Waals surface area contributed by atoms with E-state index in [1.807, 2.05) is 6.07 Å². The fourth-order valence-electron chi connectivity index (χ4n) is 1.58. The molecular weight excluding hydrogens is 264 g/mol. The number of rotatable bonds is 3. The summed E-state index contributed by atoms with van der Waals surface area (Å²) in [5, 5.41) is 0. The first kappa shape index (κ1) is 11.0. The summed E-state index contributed by atoms with van der Waals surface area (Å²) >= 11 is 3.26. The molecule has 82 valence electrons. The summed E-state index contributed by atoms with van der Waals surface area (Å²) in [5.41, 5.74) is 4.91. The first-order valence-corrected chi connectivity index (χ1v) is 5.63.